The molecule has 1 aromatic carbocycles. The zero-order chi connectivity index (χ0) is 20.1. The summed E-state index contributed by atoms with van der Waals surface area (Å²) in [4.78, 5) is 17.1. The van der Waals surface area contributed by atoms with Crippen molar-refractivity contribution in [3.05, 3.63) is 67.0 Å². The van der Waals surface area contributed by atoms with E-state index in [4.69, 9.17) is 13.6 Å². The van der Waals surface area contributed by atoms with Crippen LogP contribution >= 0.6 is 11.8 Å². The van der Waals surface area contributed by atoms with Crippen molar-refractivity contribution in [2.45, 2.75) is 12.1 Å². The second kappa shape index (κ2) is 8.74. The van der Waals surface area contributed by atoms with Crippen LogP contribution in [0, 0.1) is 0 Å². The summed E-state index contributed by atoms with van der Waals surface area (Å²) in [7, 11) is 0. The van der Waals surface area contributed by atoms with Crippen LogP contribution in [0.4, 0.5) is 0 Å². The molecule has 8 heteroatoms. The Kier molecular flexibility index (Phi) is 5.71. The topological polar surface area (TPSA) is 91.2 Å². The number of nitrogens with zero attached hydrogens (tertiary/aromatic N) is 3. The highest BCUT2D eigenvalue weighted by Crippen LogP contribution is 2.30. The van der Waals surface area contributed by atoms with E-state index in [-0.39, 0.29) is 11.5 Å². The van der Waals surface area contributed by atoms with Crippen LogP contribution in [-0.4, -0.2) is 33.3 Å². The Morgan fingerprint density at radius 3 is 2.28 bits per heavy atom. The lowest BCUT2D eigenvalue weighted by Gasteiger charge is -2.06. The normalized spacial score (nSPS) is 10.8. The van der Waals surface area contributed by atoms with E-state index in [0.717, 1.165) is 16.9 Å². The standard InChI is InChI=1S/C21H17N3O4S/c1-2-28-17-5-3-14(4-6-17)18(25)13-29-21-22-19(15-7-9-26-11-15)20(23-24-21)16-8-10-27-12-16/h3-12H,2,13H2,1H3. The molecule has 3 heterocycles. The Bertz CT molecular complexity index is 1080. The van der Waals surface area contributed by atoms with E-state index >= 15 is 0 Å². The SMILES string of the molecule is CCOc1ccc(C(=O)CSc2nnc(-c3ccoc3)c(-c3ccoc3)n2)cc1. The molecule has 0 fully saturated rings. The Labute approximate surface area is 171 Å². The van der Waals surface area contributed by atoms with Gasteiger partial charge >= 0.3 is 0 Å². The lowest BCUT2D eigenvalue weighted by atomic mass is 10.1. The molecule has 0 spiro atoms. The second-order valence-corrected chi connectivity index (χ2v) is 6.93. The van der Waals surface area contributed by atoms with Gasteiger partial charge < -0.3 is 13.6 Å². The average Bonchev–Trinajstić information content (AvgIpc) is 3.47. The van der Waals surface area contributed by atoms with Gasteiger partial charge in [-0.25, -0.2) is 4.98 Å². The quantitative estimate of drug-likeness (QED) is 0.305. The van der Waals surface area contributed by atoms with E-state index in [1.54, 1.807) is 61.5 Å². The van der Waals surface area contributed by atoms with Crippen molar-refractivity contribution < 1.29 is 18.4 Å². The van der Waals surface area contributed by atoms with E-state index in [9.17, 15) is 4.79 Å². The minimum Gasteiger partial charge on any atom is -0.494 e. The van der Waals surface area contributed by atoms with Crippen molar-refractivity contribution in [2.24, 2.45) is 0 Å². The third-order valence-electron chi connectivity index (χ3n) is 4.08. The molecule has 0 bridgehead atoms. The van der Waals surface area contributed by atoms with Crippen molar-refractivity contribution >= 4 is 17.5 Å². The second-order valence-electron chi connectivity index (χ2n) is 5.98. The molecule has 7 nitrogen and oxygen atoms in total. The van der Waals surface area contributed by atoms with Crippen molar-refractivity contribution in [3.8, 4) is 28.3 Å². The molecular weight excluding hydrogens is 390 g/mol. The highest BCUT2D eigenvalue weighted by Gasteiger charge is 2.16. The van der Waals surface area contributed by atoms with Gasteiger partial charge in [0.15, 0.2) is 5.78 Å². The molecule has 29 heavy (non-hydrogen) atoms. The van der Waals surface area contributed by atoms with Crippen LogP contribution in [0.15, 0.2) is 75.4 Å². The fraction of sp³-hybridized carbons (Fsp3) is 0.143. The molecule has 0 aliphatic heterocycles. The van der Waals surface area contributed by atoms with Crippen LogP contribution in [0.1, 0.15) is 17.3 Å². The maximum Gasteiger partial charge on any atom is 0.210 e. The lowest BCUT2D eigenvalue weighted by Crippen LogP contribution is -2.05. The van der Waals surface area contributed by atoms with E-state index in [1.807, 2.05) is 6.92 Å². The number of benzene rings is 1. The van der Waals surface area contributed by atoms with E-state index in [0.29, 0.717) is 28.7 Å². The highest BCUT2D eigenvalue weighted by molar-refractivity contribution is 7.99. The van der Waals surface area contributed by atoms with E-state index in [1.165, 1.54) is 11.8 Å². The third kappa shape index (κ3) is 4.38. The van der Waals surface area contributed by atoms with Gasteiger partial charge in [0.2, 0.25) is 5.16 Å². The van der Waals surface area contributed by atoms with E-state index in [2.05, 4.69) is 15.2 Å². The summed E-state index contributed by atoms with van der Waals surface area (Å²) in [6, 6.07) is 10.7. The third-order valence-corrected chi connectivity index (χ3v) is 4.91. The van der Waals surface area contributed by atoms with Crippen molar-refractivity contribution in [3.63, 3.8) is 0 Å². The van der Waals surface area contributed by atoms with Crippen LogP contribution in [0.5, 0.6) is 5.75 Å². The number of Topliss-reactive ketones (excluding diaryl/α,β-unsaturated/α-hetero) is 1. The Morgan fingerprint density at radius 2 is 1.66 bits per heavy atom. The van der Waals surface area contributed by atoms with Gasteiger partial charge in [-0.1, -0.05) is 11.8 Å². The molecular formula is C21H17N3O4S. The zero-order valence-electron chi connectivity index (χ0n) is 15.6. The van der Waals surface area contributed by atoms with Gasteiger partial charge in [-0.15, -0.1) is 10.2 Å². The van der Waals surface area contributed by atoms with Gasteiger partial charge in [0, 0.05) is 16.7 Å². The summed E-state index contributed by atoms with van der Waals surface area (Å²) in [6.07, 6.45) is 6.30. The summed E-state index contributed by atoms with van der Waals surface area (Å²) in [5.74, 6) is 0.917. The highest BCUT2D eigenvalue weighted by atomic mass is 32.2. The summed E-state index contributed by atoms with van der Waals surface area (Å²) >= 11 is 1.24. The van der Waals surface area contributed by atoms with E-state index < -0.39 is 0 Å². The first-order valence-corrected chi connectivity index (χ1v) is 9.92. The Morgan fingerprint density at radius 1 is 0.966 bits per heavy atom. The molecule has 0 saturated heterocycles. The summed E-state index contributed by atoms with van der Waals surface area (Å²) in [5, 5.41) is 8.87. The number of carbonyl (C=O) groups excluding carboxylic acids is 1. The molecule has 3 aromatic heterocycles. The van der Waals surface area contributed by atoms with Crippen LogP contribution in [0.25, 0.3) is 22.5 Å². The monoisotopic (exact) mass is 407 g/mol. The number of thioether (sulfide) groups is 1. The molecule has 0 saturated carbocycles. The zero-order valence-corrected chi connectivity index (χ0v) is 16.4. The minimum atomic E-state index is -0.0228. The van der Waals surface area contributed by atoms with Gasteiger partial charge in [0.1, 0.15) is 17.1 Å². The van der Waals surface area contributed by atoms with Crippen LogP contribution in [0.2, 0.25) is 0 Å². The molecule has 146 valence electrons. The smallest absolute Gasteiger partial charge is 0.210 e. The Hall–Kier alpha value is -3.39. The molecule has 0 amide bonds. The van der Waals surface area contributed by atoms with Crippen molar-refractivity contribution in [2.75, 3.05) is 12.4 Å². The first-order valence-electron chi connectivity index (χ1n) is 8.93. The van der Waals surface area contributed by atoms with Gasteiger partial charge in [0.05, 0.1) is 37.4 Å². The first-order chi connectivity index (χ1) is 14.2. The lowest BCUT2D eigenvalue weighted by molar-refractivity contribution is 0.102. The number of rotatable bonds is 8. The molecule has 0 aliphatic rings. The van der Waals surface area contributed by atoms with Gasteiger partial charge in [-0.3, -0.25) is 4.79 Å². The Balaban J connectivity index is 1.52. The molecule has 0 atom stereocenters. The molecule has 0 unspecified atom stereocenters. The predicted octanol–water partition coefficient (Wildman–Crippen LogP) is 4.77. The molecule has 0 aliphatic carbocycles. The minimum absolute atomic E-state index is 0.0228. The number of ether oxygens (including phenoxy) is 1. The van der Waals surface area contributed by atoms with Gasteiger partial charge in [0.25, 0.3) is 0 Å². The molecule has 4 aromatic rings. The number of ketones is 1. The summed E-state index contributed by atoms with van der Waals surface area (Å²) < 4.78 is 15.7. The maximum atomic E-state index is 12.5. The van der Waals surface area contributed by atoms with Crippen LogP contribution in [-0.2, 0) is 0 Å². The molecule has 0 radical (unpaired) electrons. The summed E-state index contributed by atoms with van der Waals surface area (Å²) in [5.41, 5.74) is 3.35. The fourth-order valence-electron chi connectivity index (χ4n) is 2.68. The summed E-state index contributed by atoms with van der Waals surface area (Å²) in [6.45, 7) is 2.50. The number of furan rings is 2. The number of carbonyl (C=O) groups is 1. The largest absolute Gasteiger partial charge is 0.494 e. The maximum absolute atomic E-state index is 12.5. The molecule has 4 rings (SSSR count). The van der Waals surface area contributed by atoms with Gasteiger partial charge in [-0.05, 0) is 43.3 Å². The predicted molar refractivity (Wildman–Crippen MR) is 108 cm³/mol. The van der Waals surface area contributed by atoms with Gasteiger partial charge in [-0.2, -0.15) is 0 Å². The fourth-order valence-corrected chi connectivity index (χ4v) is 3.36. The number of hydrogen-bond acceptors (Lipinski definition) is 8. The molecule has 0 N–H and O–H groups in total. The van der Waals surface area contributed by atoms with Crippen LogP contribution < -0.4 is 4.74 Å². The number of aromatic nitrogens is 3. The van der Waals surface area contributed by atoms with Crippen LogP contribution in [0.3, 0.4) is 0 Å². The van der Waals surface area contributed by atoms with Crippen molar-refractivity contribution in [1.29, 1.82) is 0 Å². The average molecular weight is 407 g/mol. The number of hydrogen-bond donors (Lipinski definition) is 0. The first kappa shape index (κ1) is 18.9. The van der Waals surface area contributed by atoms with Crippen molar-refractivity contribution in [1.82, 2.24) is 15.2 Å².